The van der Waals surface area contributed by atoms with Gasteiger partial charge in [0.2, 0.25) is 11.8 Å². The van der Waals surface area contributed by atoms with Crippen molar-refractivity contribution in [2.75, 3.05) is 33.4 Å². The zero-order chi connectivity index (χ0) is 23.7. The molecule has 5 rings (SSSR count). The van der Waals surface area contributed by atoms with E-state index in [2.05, 4.69) is 0 Å². The lowest BCUT2D eigenvalue weighted by Gasteiger charge is -2.26. The molecule has 2 unspecified atom stereocenters. The Balaban J connectivity index is 1.35. The predicted octanol–water partition coefficient (Wildman–Crippen LogP) is 3.03. The van der Waals surface area contributed by atoms with Gasteiger partial charge in [-0.2, -0.15) is 0 Å². The molecule has 1 aliphatic heterocycles. The molecule has 0 radical (unpaired) electrons. The summed E-state index contributed by atoms with van der Waals surface area (Å²) in [5.74, 6) is 0.472. The minimum Gasteiger partial charge on any atom is -0.497 e. The van der Waals surface area contributed by atoms with Crippen LogP contribution in [0.1, 0.15) is 46.7 Å². The number of nitrogens with zero attached hydrogens (tertiary/aromatic N) is 2. The van der Waals surface area contributed by atoms with Crippen LogP contribution in [0.3, 0.4) is 0 Å². The molecule has 1 saturated carbocycles. The summed E-state index contributed by atoms with van der Waals surface area (Å²) in [6.45, 7) is 1.83. The molecule has 0 aromatic heterocycles. The molecule has 1 saturated heterocycles. The smallest absolute Gasteiger partial charge is 0.242 e. The summed E-state index contributed by atoms with van der Waals surface area (Å²) >= 11 is 0. The molecule has 7 nitrogen and oxygen atoms in total. The second kappa shape index (κ2) is 9.58. The molecule has 34 heavy (non-hydrogen) atoms. The fraction of sp³-hybridized carbons (Fsp3) is 0.444. The number of amides is 2. The van der Waals surface area contributed by atoms with E-state index in [-0.39, 0.29) is 36.7 Å². The van der Waals surface area contributed by atoms with Gasteiger partial charge in [0, 0.05) is 38.2 Å². The van der Waals surface area contributed by atoms with Crippen molar-refractivity contribution < 1.29 is 23.9 Å². The van der Waals surface area contributed by atoms with Gasteiger partial charge < -0.3 is 19.3 Å². The number of fused-ring (bicyclic) bond motifs is 1. The van der Waals surface area contributed by atoms with Crippen molar-refractivity contribution in [3.63, 3.8) is 0 Å². The average Bonchev–Trinajstić information content (AvgIpc) is 3.64. The molecule has 1 heterocycles. The zero-order valence-corrected chi connectivity index (χ0v) is 19.4. The minimum absolute atomic E-state index is 0.0149. The minimum atomic E-state index is -0.537. The van der Waals surface area contributed by atoms with Gasteiger partial charge >= 0.3 is 0 Å². The summed E-state index contributed by atoms with van der Waals surface area (Å²) in [5, 5.41) is 0. The molecule has 2 aliphatic carbocycles. The van der Waals surface area contributed by atoms with E-state index in [0.717, 1.165) is 16.9 Å². The van der Waals surface area contributed by atoms with Crippen LogP contribution >= 0.6 is 0 Å². The molecule has 3 aliphatic rings. The van der Waals surface area contributed by atoms with Gasteiger partial charge in [0.25, 0.3) is 0 Å². The summed E-state index contributed by atoms with van der Waals surface area (Å²) < 4.78 is 11.5. The third kappa shape index (κ3) is 4.85. The van der Waals surface area contributed by atoms with Crippen molar-refractivity contribution in [2.45, 2.75) is 37.8 Å². The molecule has 0 N–H and O–H groups in total. The lowest BCUT2D eigenvalue weighted by atomic mass is 9.99. The second-order valence-electron chi connectivity index (χ2n) is 9.51. The van der Waals surface area contributed by atoms with Gasteiger partial charge in [-0.3, -0.25) is 14.4 Å². The highest BCUT2D eigenvalue weighted by Crippen LogP contribution is 2.35. The fourth-order valence-corrected chi connectivity index (χ4v) is 4.85. The Labute approximate surface area is 199 Å². The number of hydrogen-bond donors (Lipinski definition) is 0. The lowest BCUT2D eigenvalue weighted by molar-refractivity contribution is -0.139. The number of rotatable bonds is 7. The van der Waals surface area contributed by atoms with Crippen LogP contribution in [-0.4, -0.2) is 66.9 Å². The van der Waals surface area contributed by atoms with E-state index >= 15 is 0 Å². The van der Waals surface area contributed by atoms with Gasteiger partial charge in [0.1, 0.15) is 5.75 Å². The molecule has 2 fully saturated rings. The van der Waals surface area contributed by atoms with Crippen LogP contribution in [0.5, 0.6) is 5.75 Å². The van der Waals surface area contributed by atoms with E-state index in [9.17, 15) is 14.4 Å². The third-order valence-electron chi connectivity index (χ3n) is 6.93. The first kappa shape index (κ1) is 22.6. The molecular formula is C27H30N2O5. The Morgan fingerprint density at radius 1 is 1.06 bits per heavy atom. The molecule has 178 valence electrons. The highest BCUT2D eigenvalue weighted by atomic mass is 16.5. The first-order chi connectivity index (χ1) is 16.5. The number of methoxy groups -OCH3 is 1. The van der Waals surface area contributed by atoms with Gasteiger partial charge in [0.15, 0.2) is 5.78 Å². The Morgan fingerprint density at radius 2 is 1.88 bits per heavy atom. The molecule has 0 spiro atoms. The number of carbonyl (C=O) groups is 3. The quantitative estimate of drug-likeness (QED) is 0.632. The SMILES string of the molecule is COc1cccc(CN2CC(OCC3CC3)CN(C(=O)C3CC(=O)c4ccccc43)CC2=O)c1. The summed E-state index contributed by atoms with van der Waals surface area (Å²) in [6.07, 6.45) is 2.23. The van der Waals surface area contributed by atoms with Crippen molar-refractivity contribution in [3.05, 3.63) is 65.2 Å². The molecule has 2 aromatic rings. The Bertz CT molecular complexity index is 1100. The second-order valence-corrected chi connectivity index (χ2v) is 9.51. The van der Waals surface area contributed by atoms with Crippen LogP contribution in [0.25, 0.3) is 0 Å². The monoisotopic (exact) mass is 462 g/mol. The van der Waals surface area contributed by atoms with Crippen LogP contribution in [0.2, 0.25) is 0 Å². The highest BCUT2D eigenvalue weighted by Gasteiger charge is 2.39. The van der Waals surface area contributed by atoms with Crippen LogP contribution in [0.15, 0.2) is 48.5 Å². The summed E-state index contributed by atoms with van der Waals surface area (Å²) in [6, 6.07) is 14.9. The Hall–Kier alpha value is -3.19. The van der Waals surface area contributed by atoms with Gasteiger partial charge in [-0.05, 0) is 42.0 Å². The number of benzene rings is 2. The molecule has 2 amide bonds. The van der Waals surface area contributed by atoms with Gasteiger partial charge in [-0.1, -0.05) is 36.4 Å². The predicted molar refractivity (Wildman–Crippen MR) is 126 cm³/mol. The van der Waals surface area contributed by atoms with E-state index in [1.165, 1.54) is 12.8 Å². The maximum atomic E-state index is 13.6. The normalized spacial score (nSPS) is 22.5. The van der Waals surface area contributed by atoms with Crippen LogP contribution in [0.4, 0.5) is 0 Å². The van der Waals surface area contributed by atoms with Crippen molar-refractivity contribution in [1.29, 1.82) is 0 Å². The lowest BCUT2D eigenvalue weighted by Crippen LogP contribution is -2.42. The fourth-order valence-electron chi connectivity index (χ4n) is 4.85. The number of carbonyl (C=O) groups excluding carboxylic acids is 3. The molecular weight excluding hydrogens is 432 g/mol. The van der Waals surface area contributed by atoms with Gasteiger partial charge in [0.05, 0.1) is 25.7 Å². The van der Waals surface area contributed by atoms with E-state index < -0.39 is 5.92 Å². The van der Waals surface area contributed by atoms with Crippen molar-refractivity contribution in [3.8, 4) is 5.75 Å². The molecule has 7 heteroatoms. The maximum absolute atomic E-state index is 13.6. The maximum Gasteiger partial charge on any atom is 0.242 e. The molecule has 2 aromatic carbocycles. The number of ether oxygens (including phenoxy) is 2. The van der Waals surface area contributed by atoms with E-state index in [1.54, 1.807) is 23.0 Å². The standard InChI is InChI=1S/C27H30N2O5/c1-33-20-6-4-5-19(11-20)13-28-14-21(34-17-18-9-10-18)15-29(16-26(28)31)27(32)24-12-25(30)23-8-3-2-7-22(23)24/h2-8,11,18,21,24H,9-10,12-17H2,1H3. The summed E-state index contributed by atoms with van der Waals surface area (Å²) in [5.41, 5.74) is 2.34. The zero-order valence-electron chi connectivity index (χ0n) is 19.4. The highest BCUT2D eigenvalue weighted by molar-refractivity contribution is 6.07. The van der Waals surface area contributed by atoms with Crippen molar-refractivity contribution in [2.24, 2.45) is 5.92 Å². The van der Waals surface area contributed by atoms with E-state index in [4.69, 9.17) is 9.47 Å². The molecule has 2 atom stereocenters. The van der Waals surface area contributed by atoms with E-state index in [0.29, 0.717) is 37.7 Å². The molecule has 0 bridgehead atoms. The average molecular weight is 463 g/mol. The number of ketones is 1. The first-order valence-electron chi connectivity index (χ1n) is 11.9. The van der Waals surface area contributed by atoms with Gasteiger partial charge in [-0.25, -0.2) is 0 Å². The van der Waals surface area contributed by atoms with E-state index in [1.807, 2.05) is 42.5 Å². The van der Waals surface area contributed by atoms with Gasteiger partial charge in [-0.15, -0.1) is 0 Å². The third-order valence-corrected chi connectivity index (χ3v) is 6.93. The summed E-state index contributed by atoms with van der Waals surface area (Å²) in [4.78, 5) is 42.7. The van der Waals surface area contributed by atoms with Crippen molar-refractivity contribution in [1.82, 2.24) is 9.80 Å². The Morgan fingerprint density at radius 3 is 2.68 bits per heavy atom. The topological polar surface area (TPSA) is 76.2 Å². The largest absolute Gasteiger partial charge is 0.497 e. The van der Waals surface area contributed by atoms with Crippen molar-refractivity contribution >= 4 is 17.6 Å². The Kier molecular flexibility index (Phi) is 6.37. The number of Topliss-reactive ketones (excluding diaryl/α,β-unsaturated/α-hetero) is 1. The first-order valence-corrected chi connectivity index (χ1v) is 11.9. The van der Waals surface area contributed by atoms with Crippen LogP contribution in [0, 0.1) is 5.92 Å². The summed E-state index contributed by atoms with van der Waals surface area (Å²) in [7, 11) is 1.62. The number of hydrogen-bond acceptors (Lipinski definition) is 5. The van der Waals surface area contributed by atoms with Crippen LogP contribution in [-0.2, 0) is 20.9 Å². The van der Waals surface area contributed by atoms with Crippen LogP contribution < -0.4 is 4.74 Å².